The Hall–Kier alpha value is -2.47. The molecule has 0 bridgehead atoms. The zero-order chi connectivity index (χ0) is 16.1. The molecular weight excluding hydrogens is 290 g/mol. The van der Waals surface area contributed by atoms with Crippen molar-refractivity contribution in [3.63, 3.8) is 0 Å². The number of carbonyl (C=O) groups is 1. The Balaban J connectivity index is 1.64. The summed E-state index contributed by atoms with van der Waals surface area (Å²) in [5.41, 5.74) is 1.59. The standard InChI is InChI=1S/C17H21N5O/c1-21-9-11-22(12-10-21)16(23)15-7-8-18-17(20-15)19-13-14-5-3-2-4-6-14/h2-8H,9-13H2,1H3,(H,18,19,20). The fourth-order valence-corrected chi connectivity index (χ4v) is 2.51. The van der Waals surface area contributed by atoms with Gasteiger partial charge in [0, 0.05) is 38.9 Å². The lowest BCUT2D eigenvalue weighted by Crippen LogP contribution is -2.47. The molecule has 0 aliphatic carbocycles. The highest BCUT2D eigenvalue weighted by Gasteiger charge is 2.21. The molecule has 1 saturated heterocycles. The summed E-state index contributed by atoms with van der Waals surface area (Å²) in [4.78, 5) is 25.1. The van der Waals surface area contributed by atoms with Gasteiger partial charge in [-0.2, -0.15) is 0 Å². The number of nitrogens with zero attached hydrogens (tertiary/aromatic N) is 4. The van der Waals surface area contributed by atoms with E-state index in [-0.39, 0.29) is 5.91 Å². The minimum absolute atomic E-state index is 0.0248. The molecule has 3 rings (SSSR count). The lowest BCUT2D eigenvalue weighted by Gasteiger charge is -2.32. The van der Waals surface area contributed by atoms with Gasteiger partial charge in [0.25, 0.3) is 5.91 Å². The first kappa shape index (κ1) is 15.4. The summed E-state index contributed by atoms with van der Waals surface area (Å²) in [6.07, 6.45) is 1.63. The molecule has 0 spiro atoms. The average Bonchev–Trinajstić information content (AvgIpc) is 2.61. The zero-order valence-corrected chi connectivity index (χ0v) is 13.3. The maximum absolute atomic E-state index is 12.5. The molecule has 1 amide bonds. The van der Waals surface area contributed by atoms with E-state index in [1.54, 1.807) is 12.3 Å². The molecule has 2 heterocycles. The predicted octanol–water partition coefficient (Wildman–Crippen LogP) is 1.48. The summed E-state index contributed by atoms with van der Waals surface area (Å²) in [6.45, 7) is 3.91. The van der Waals surface area contributed by atoms with Gasteiger partial charge in [-0.3, -0.25) is 4.79 Å². The highest BCUT2D eigenvalue weighted by molar-refractivity contribution is 5.92. The third-order valence-electron chi connectivity index (χ3n) is 3.96. The summed E-state index contributed by atoms with van der Waals surface area (Å²) in [5.74, 6) is 0.456. The van der Waals surface area contributed by atoms with Gasteiger partial charge in [-0.15, -0.1) is 0 Å². The Morgan fingerprint density at radius 1 is 1.13 bits per heavy atom. The van der Waals surface area contributed by atoms with E-state index in [9.17, 15) is 4.79 Å². The van der Waals surface area contributed by atoms with Crippen LogP contribution >= 0.6 is 0 Å². The summed E-state index contributed by atoms with van der Waals surface area (Å²) in [7, 11) is 2.07. The van der Waals surface area contributed by atoms with Gasteiger partial charge in [0.1, 0.15) is 5.69 Å². The molecule has 6 heteroatoms. The van der Waals surface area contributed by atoms with Crippen LogP contribution in [-0.4, -0.2) is 58.9 Å². The molecule has 0 radical (unpaired) electrons. The first-order valence-electron chi connectivity index (χ1n) is 7.81. The number of piperazine rings is 1. The van der Waals surface area contributed by atoms with E-state index in [0.717, 1.165) is 31.7 Å². The minimum atomic E-state index is -0.0248. The van der Waals surface area contributed by atoms with E-state index in [1.807, 2.05) is 35.2 Å². The second-order valence-electron chi connectivity index (χ2n) is 5.70. The van der Waals surface area contributed by atoms with E-state index in [4.69, 9.17) is 0 Å². The topological polar surface area (TPSA) is 61.4 Å². The Bertz CT molecular complexity index is 653. The van der Waals surface area contributed by atoms with Crippen LogP contribution in [0.5, 0.6) is 0 Å². The monoisotopic (exact) mass is 311 g/mol. The maximum atomic E-state index is 12.5. The van der Waals surface area contributed by atoms with Crippen LogP contribution in [0, 0.1) is 0 Å². The van der Waals surface area contributed by atoms with Gasteiger partial charge in [0.05, 0.1) is 0 Å². The van der Waals surface area contributed by atoms with Gasteiger partial charge >= 0.3 is 0 Å². The van der Waals surface area contributed by atoms with Crippen molar-refractivity contribution in [1.82, 2.24) is 19.8 Å². The molecule has 1 aromatic heterocycles. The number of hydrogen-bond acceptors (Lipinski definition) is 5. The third-order valence-corrected chi connectivity index (χ3v) is 3.96. The second kappa shape index (κ2) is 7.19. The fraction of sp³-hybridized carbons (Fsp3) is 0.353. The molecule has 6 nitrogen and oxygen atoms in total. The lowest BCUT2D eigenvalue weighted by atomic mass is 10.2. The van der Waals surface area contributed by atoms with Crippen molar-refractivity contribution in [2.24, 2.45) is 0 Å². The molecule has 1 aliphatic rings. The Labute approximate surface area is 136 Å². The largest absolute Gasteiger partial charge is 0.350 e. The van der Waals surface area contributed by atoms with Crippen molar-refractivity contribution in [3.05, 3.63) is 53.9 Å². The summed E-state index contributed by atoms with van der Waals surface area (Å²) in [6, 6.07) is 11.7. The van der Waals surface area contributed by atoms with Crippen molar-refractivity contribution < 1.29 is 4.79 Å². The highest BCUT2D eigenvalue weighted by Crippen LogP contribution is 2.09. The molecule has 1 fully saturated rings. The first-order chi connectivity index (χ1) is 11.2. The quantitative estimate of drug-likeness (QED) is 0.926. The van der Waals surface area contributed by atoms with E-state index >= 15 is 0 Å². The Kier molecular flexibility index (Phi) is 4.83. The number of aromatic nitrogens is 2. The van der Waals surface area contributed by atoms with Gasteiger partial charge in [0.2, 0.25) is 5.95 Å². The predicted molar refractivity (Wildman–Crippen MR) is 89.2 cm³/mol. The Morgan fingerprint density at radius 3 is 2.61 bits per heavy atom. The fourth-order valence-electron chi connectivity index (χ4n) is 2.51. The lowest BCUT2D eigenvalue weighted by molar-refractivity contribution is 0.0658. The van der Waals surface area contributed by atoms with Gasteiger partial charge in [-0.05, 0) is 18.7 Å². The molecular formula is C17H21N5O. The molecule has 0 unspecified atom stereocenters. The summed E-state index contributed by atoms with van der Waals surface area (Å²) in [5, 5.41) is 3.16. The first-order valence-corrected chi connectivity index (χ1v) is 7.81. The SMILES string of the molecule is CN1CCN(C(=O)c2ccnc(NCc3ccccc3)n2)CC1. The number of rotatable bonds is 4. The van der Waals surface area contributed by atoms with Gasteiger partial charge in [-0.25, -0.2) is 9.97 Å². The number of likely N-dealkylation sites (N-methyl/N-ethyl adjacent to an activating group) is 1. The number of hydrogen-bond donors (Lipinski definition) is 1. The number of carbonyl (C=O) groups excluding carboxylic acids is 1. The van der Waals surface area contributed by atoms with E-state index in [2.05, 4.69) is 27.2 Å². The molecule has 23 heavy (non-hydrogen) atoms. The molecule has 1 aliphatic heterocycles. The van der Waals surface area contributed by atoms with Crippen LogP contribution in [-0.2, 0) is 6.54 Å². The van der Waals surface area contributed by atoms with Crippen molar-refractivity contribution in [2.75, 3.05) is 38.5 Å². The van der Waals surface area contributed by atoms with Gasteiger partial charge in [0.15, 0.2) is 0 Å². The van der Waals surface area contributed by atoms with Gasteiger partial charge < -0.3 is 15.1 Å². The van der Waals surface area contributed by atoms with Gasteiger partial charge in [-0.1, -0.05) is 30.3 Å². The number of amides is 1. The van der Waals surface area contributed by atoms with Crippen LogP contribution < -0.4 is 5.32 Å². The van der Waals surface area contributed by atoms with Crippen molar-refractivity contribution in [1.29, 1.82) is 0 Å². The minimum Gasteiger partial charge on any atom is -0.350 e. The maximum Gasteiger partial charge on any atom is 0.272 e. The number of benzene rings is 1. The van der Waals surface area contributed by atoms with Crippen molar-refractivity contribution in [2.45, 2.75) is 6.54 Å². The number of nitrogens with one attached hydrogen (secondary N) is 1. The average molecular weight is 311 g/mol. The number of anilines is 1. The normalized spacial score (nSPS) is 15.4. The van der Waals surface area contributed by atoms with Crippen LogP contribution in [0.4, 0.5) is 5.95 Å². The Morgan fingerprint density at radius 2 is 1.87 bits per heavy atom. The van der Waals surface area contributed by atoms with Crippen LogP contribution in [0.3, 0.4) is 0 Å². The molecule has 0 saturated carbocycles. The zero-order valence-electron chi connectivity index (χ0n) is 13.3. The highest BCUT2D eigenvalue weighted by atomic mass is 16.2. The van der Waals surface area contributed by atoms with E-state index in [1.165, 1.54) is 0 Å². The van der Waals surface area contributed by atoms with Crippen LogP contribution in [0.2, 0.25) is 0 Å². The van der Waals surface area contributed by atoms with Crippen LogP contribution in [0.1, 0.15) is 16.1 Å². The molecule has 1 aromatic carbocycles. The van der Waals surface area contributed by atoms with Crippen molar-refractivity contribution >= 4 is 11.9 Å². The smallest absolute Gasteiger partial charge is 0.272 e. The van der Waals surface area contributed by atoms with Crippen LogP contribution in [0.25, 0.3) is 0 Å². The summed E-state index contributed by atoms with van der Waals surface area (Å²) >= 11 is 0. The van der Waals surface area contributed by atoms with E-state index in [0.29, 0.717) is 18.2 Å². The summed E-state index contributed by atoms with van der Waals surface area (Å²) < 4.78 is 0. The second-order valence-corrected chi connectivity index (χ2v) is 5.70. The van der Waals surface area contributed by atoms with Crippen LogP contribution in [0.15, 0.2) is 42.6 Å². The molecule has 1 N–H and O–H groups in total. The molecule has 0 atom stereocenters. The molecule has 120 valence electrons. The molecule has 2 aromatic rings. The third kappa shape index (κ3) is 4.04. The van der Waals surface area contributed by atoms with E-state index < -0.39 is 0 Å². The van der Waals surface area contributed by atoms with Crippen molar-refractivity contribution in [3.8, 4) is 0 Å².